The zero-order valence-corrected chi connectivity index (χ0v) is 19.0. The van der Waals surface area contributed by atoms with Crippen LogP contribution in [0.4, 0.5) is 5.69 Å². The van der Waals surface area contributed by atoms with Crippen LogP contribution in [-0.2, 0) is 9.59 Å². The molecule has 1 aliphatic rings. The van der Waals surface area contributed by atoms with Gasteiger partial charge in [0.25, 0.3) is 11.7 Å². The molecular weight excluding hydrogens is 436 g/mol. The first-order valence-electron chi connectivity index (χ1n) is 10.7. The van der Waals surface area contributed by atoms with Crippen LogP contribution in [0.25, 0.3) is 5.76 Å². The molecule has 0 saturated carbocycles. The second-order valence-corrected chi connectivity index (χ2v) is 7.39. The van der Waals surface area contributed by atoms with Crippen LogP contribution in [0.3, 0.4) is 0 Å². The lowest BCUT2D eigenvalue weighted by atomic mass is 9.97. The molecule has 1 atom stereocenters. The molecule has 3 aromatic rings. The highest BCUT2D eigenvalue weighted by molar-refractivity contribution is 6.51. The van der Waals surface area contributed by atoms with E-state index in [1.54, 1.807) is 66.9 Å². The molecule has 0 radical (unpaired) electrons. The highest BCUT2D eigenvalue weighted by atomic mass is 16.5. The molecule has 1 N–H and O–H groups in total. The van der Waals surface area contributed by atoms with Gasteiger partial charge < -0.3 is 19.3 Å². The maximum atomic E-state index is 13.3. The molecular formula is C26H24N2O6. The third kappa shape index (κ3) is 3.94. The van der Waals surface area contributed by atoms with Gasteiger partial charge >= 0.3 is 0 Å². The maximum absolute atomic E-state index is 13.3. The summed E-state index contributed by atoms with van der Waals surface area (Å²) in [6, 6.07) is 16.0. The molecule has 1 saturated heterocycles. The highest BCUT2D eigenvalue weighted by Crippen LogP contribution is 2.45. The SMILES string of the molecule is CCOc1cccc(N2C(=O)C(=O)/C(=C(/O)c3c(OC)cccc3OC)C2c2ccccn2)c1. The Balaban J connectivity index is 1.98. The van der Waals surface area contributed by atoms with Crippen LogP contribution in [0.2, 0.25) is 0 Å². The van der Waals surface area contributed by atoms with Crippen molar-refractivity contribution in [3.63, 3.8) is 0 Å². The Kier molecular flexibility index (Phi) is 6.49. The lowest BCUT2D eigenvalue weighted by molar-refractivity contribution is -0.132. The van der Waals surface area contributed by atoms with E-state index < -0.39 is 23.5 Å². The lowest BCUT2D eigenvalue weighted by Crippen LogP contribution is -2.29. The van der Waals surface area contributed by atoms with Crippen molar-refractivity contribution in [2.75, 3.05) is 25.7 Å². The van der Waals surface area contributed by atoms with Crippen LogP contribution in [0.5, 0.6) is 17.2 Å². The summed E-state index contributed by atoms with van der Waals surface area (Å²) in [5.74, 6) is -0.912. The van der Waals surface area contributed by atoms with E-state index in [-0.39, 0.29) is 11.1 Å². The van der Waals surface area contributed by atoms with Gasteiger partial charge in [0.2, 0.25) is 0 Å². The summed E-state index contributed by atoms with van der Waals surface area (Å²) < 4.78 is 16.4. The summed E-state index contributed by atoms with van der Waals surface area (Å²) >= 11 is 0. The number of anilines is 1. The van der Waals surface area contributed by atoms with Crippen molar-refractivity contribution in [1.29, 1.82) is 0 Å². The van der Waals surface area contributed by atoms with Crippen molar-refractivity contribution in [2.24, 2.45) is 0 Å². The van der Waals surface area contributed by atoms with Gasteiger partial charge in [-0.15, -0.1) is 0 Å². The van der Waals surface area contributed by atoms with E-state index in [0.717, 1.165) is 0 Å². The van der Waals surface area contributed by atoms with E-state index in [2.05, 4.69) is 4.98 Å². The van der Waals surface area contributed by atoms with E-state index in [1.807, 2.05) is 6.92 Å². The van der Waals surface area contributed by atoms with Gasteiger partial charge in [-0.05, 0) is 43.3 Å². The molecule has 8 heteroatoms. The third-order valence-electron chi connectivity index (χ3n) is 5.48. The fraction of sp³-hybridized carbons (Fsp3) is 0.192. The molecule has 1 fully saturated rings. The first-order chi connectivity index (χ1) is 16.5. The molecule has 1 unspecified atom stereocenters. The number of nitrogens with zero attached hydrogens (tertiary/aromatic N) is 2. The number of rotatable bonds is 7. The van der Waals surface area contributed by atoms with Crippen LogP contribution in [-0.4, -0.2) is 42.6 Å². The minimum Gasteiger partial charge on any atom is -0.506 e. The molecule has 0 aliphatic carbocycles. The van der Waals surface area contributed by atoms with Gasteiger partial charge in [-0.2, -0.15) is 0 Å². The van der Waals surface area contributed by atoms with E-state index in [1.165, 1.54) is 19.1 Å². The number of benzene rings is 2. The average molecular weight is 460 g/mol. The third-order valence-corrected chi connectivity index (χ3v) is 5.48. The lowest BCUT2D eigenvalue weighted by Gasteiger charge is -2.25. The van der Waals surface area contributed by atoms with Gasteiger partial charge in [0.1, 0.15) is 34.6 Å². The number of Topliss-reactive ketones (excluding diaryl/α,β-unsaturated/α-hetero) is 1. The molecule has 174 valence electrons. The Hall–Kier alpha value is -4.33. The van der Waals surface area contributed by atoms with Gasteiger partial charge in [-0.3, -0.25) is 19.5 Å². The fourth-order valence-corrected chi connectivity index (χ4v) is 4.03. The Bertz CT molecular complexity index is 1230. The van der Waals surface area contributed by atoms with Crippen molar-refractivity contribution >= 4 is 23.1 Å². The van der Waals surface area contributed by atoms with Crippen molar-refractivity contribution in [1.82, 2.24) is 4.98 Å². The second kappa shape index (κ2) is 9.66. The highest BCUT2D eigenvalue weighted by Gasteiger charge is 2.48. The van der Waals surface area contributed by atoms with E-state index in [0.29, 0.717) is 35.2 Å². The predicted octanol–water partition coefficient (Wildman–Crippen LogP) is 4.12. The number of methoxy groups -OCH3 is 2. The largest absolute Gasteiger partial charge is 0.506 e. The smallest absolute Gasteiger partial charge is 0.300 e. The zero-order chi connectivity index (χ0) is 24.2. The number of hydrogen-bond donors (Lipinski definition) is 1. The summed E-state index contributed by atoms with van der Waals surface area (Å²) in [4.78, 5) is 32.4. The van der Waals surface area contributed by atoms with Gasteiger partial charge in [-0.1, -0.05) is 18.2 Å². The predicted molar refractivity (Wildman–Crippen MR) is 126 cm³/mol. The molecule has 34 heavy (non-hydrogen) atoms. The average Bonchev–Trinajstić information content (AvgIpc) is 3.14. The number of ether oxygens (including phenoxy) is 3. The number of carbonyl (C=O) groups is 2. The summed E-state index contributed by atoms with van der Waals surface area (Å²) in [6.45, 7) is 2.30. The minimum absolute atomic E-state index is 0.117. The van der Waals surface area contributed by atoms with Crippen molar-refractivity contribution in [3.8, 4) is 17.2 Å². The molecule has 2 aromatic carbocycles. The number of ketones is 1. The number of aliphatic hydroxyl groups excluding tert-OH is 1. The molecule has 4 rings (SSSR count). The molecule has 1 aromatic heterocycles. The first-order valence-corrected chi connectivity index (χ1v) is 10.7. The van der Waals surface area contributed by atoms with E-state index >= 15 is 0 Å². The quantitative estimate of drug-likeness (QED) is 0.322. The standard InChI is InChI=1S/C26H24N2O6/c1-4-34-17-10-7-9-16(15-17)28-23(18-11-5-6-14-27-18)22(25(30)26(28)31)24(29)21-19(32-2)12-8-13-20(21)33-3/h5-15,23,29H,4H2,1-3H3/b24-22+. The first kappa shape index (κ1) is 22.8. The molecule has 8 nitrogen and oxygen atoms in total. The molecule has 0 spiro atoms. The Morgan fingerprint density at radius 2 is 1.71 bits per heavy atom. The normalized spacial score (nSPS) is 17.0. The number of pyridine rings is 1. The van der Waals surface area contributed by atoms with Crippen LogP contribution < -0.4 is 19.1 Å². The number of aromatic nitrogens is 1. The molecule has 2 heterocycles. The monoisotopic (exact) mass is 460 g/mol. The van der Waals surface area contributed by atoms with Crippen LogP contribution in [0, 0.1) is 0 Å². The minimum atomic E-state index is -0.979. The van der Waals surface area contributed by atoms with Crippen LogP contribution in [0.15, 0.2) is 72.4 Å². The summed E-state index contributed by atoms with van der Waals surface area (Å²) in [5.41, 5.74) is 0.913. The summed E-state index contributed by atoms with van der Waals surface area (Å²) in [6.07, 6.45) is 1.57. The van der Waals surface area contributed by atoms with Crippen LogP contribution >= 0.6 is 0 Å². The summed E-state index contributed by atoms with van der Waals surface area (Å²) in [5, 5.41) is 11.4. The Labute approximate surface area is 197 Å². The Morgan fingerprint density at radius 1 is 1.00 bits per heavy atom. The molecule has 1 aliphatic heterocycles. The number of amides is 1. The van der Waals surface area contributed by atoms with Crippen molar-refractivity contribution in [3.05, 3.63) is 83.7 Å². The topological polar surface area (TPSA) is 98.2 Å². The van der Waals surface area contributed by atoms with Gasteiger partial charge in [0, 0.05) is 18.0 Å². The van der Waals surface area contributed by atoms with Gasteiger partial charge in [0.15, 0.2) is 0 Å². The molecule has 0 bridgehead atoms. The van der Waals surface area contributed by atoms with E-state index in [9.17, 15) is 14.7 Å². The number of hydrogen-bond acceptors (Lipinski definition) is 7. The van der Waals surface area contributed by atoms with Crippen molar-refractivity contribution in [2.45, 2.75) is 13.0 Å². The summed E-state index contributed by atoms with van der Waals surface area (Å²) in [7, 11) is 2.89. The van der Waals surface area contributed by atoms with Gasteiger partial charge in [-0.25, -0.2) is 0 Å². The second-order valence-electron chi connectivity index (χ2n) is 7.39. The van der Waals surface area contributed by atoms with E-state index in [4.69, 9.17) is 14.2 Å². The zero-order valence-electron chi connectivity index (χ0n) is 19.0. The fourth-order valence-electron chi connectivity index (χ4n) is 4.03. The number of carbonyl (C=O) groups excluding carboxylic acids is 2. The van der Waals surface area contributed by atoms with Gasteiger partial charge in [0.05, 0.1) is 32.1 Å². The van der Waals surface area contributed by atoms with Crippen LogP contribution in [0.1, 0.15) is 24.2 Å². The number of aliphatic hydroxyl groups is 1. The molecule has 1 amide bonds. The van der Waals surface area contributed by atoms with Crippen molar-refractivity contribution < 1.29 is 28.9 Å². The maximum Gasteiger partial charge on any atom is 0.300 e. The Morgan fingerprint density at radius 3 is 2.32 bits per heavy atom.